The van der Waals surface area contributed by atoms with Crippen molar-refractivity contribution in [2.45, 2.75) is 31.1 Å². The van der Waals surface area contributed by atoms with Crippen LogP contribution in [0.4, 0.5) is 39.0 Å². The number of aromatic nitrogens is 4. The van der Waals surface area contributed by atoms with Gasteiger partial charge in [0.25, 0.3) is 0 Å². The van der Waals surface area contributed by atoms with Crippen LogP contribution in [0.3, 0.4) is 0 Å². The number of pyridine rings is 1. The van der Waals surface area contributed by atoms with Gasteiger partial charge in [0.1, 0.15) is 23.4 Å². The standard InChI is InChI=1S/C32H25Cl2F5N8/c33-25-12-21(5-6-27(25)36)42-29-19(14-40)15-41-31-24(29)11-22(13-26(31)34)43-30(18-1-3-20(35)4-2-18)28-16-47(45-44-28)23-7-9-46(10-8-23)17-32(37,38)39/h1-6,11-13,15-16,23,30,43H,7-10,17H2,(H,41,42). The third-order valence-electron chi connectivity index (χ3n) is 7.91. The maximum Gasteiger partial charge on any atom is 0.401 e. The fourth-order valence-electron chi connectivity index (χ4n) is 5.63. The fraction of sp³-hybridized carbons (Fsp3) is 0.250. The normalized spacial score (nSPS) is 15.0. The summed E-state index contributed by atoms with van der Waals surface area (Å²) in [5, 5.41) is 25.7. The molecule has 6 rings (SSSR count). The Labute approximate surface area is 275 Å². The fourth-order valence-corrected chi connectivity index (χ4v) is 6.08. The van der Waals surface area contributed by atoms with Gasteiger partial charge in [-0.05, 0) is 60.9 Å². The molecule has 47 heavy (non-hydrogen) atoms. The average molecular weight is 688 g/mol. The molecule has 242 valence electrons. The molecule has 0 saturated carbocycles. The van der Waals surface area contributed by atoms with Gasteiger partial charge in [-0.15, -0.1) is 5.10 Å². The number of nitriles is 1. The predicted octanol–water partition coefficient (Wildman–Crippen LogP) is 8.43. The van der Waals surface area contributed by atoms with Gasteiger partial charge in [0.05, 0.1) is 51.6 Å². The largest absolute Gasteiger partial charge is 0.401 e. The molecule has 2 N–H and O–H groups in total. The highest BCUT2D eigenvalue weighted by Crippen LogP contribution is 2.37. The Hall–Kier alpha value is -4.51. The SMILES string of the molecule is N#Cc1cnc2c(Cl)cc(NC(c3ccc(F)cc3)c3cn(C4CCN(CC(F)(F)F)CC4)nn3)cc2c1Nc1ccc(F)c(Cl)c1. The van der Waals surface area contributed by atoms with Crippen LogP contribution >= 0.6 is 23.2 Å². The van der Waals surface area contributed by atoms with Crippen LogP contribution in [0, 0.1) is 23.0 Å². The second kappa shape index (κ2) is 13.3. The molecule has 15 heteroatoms. The molecule has 1 unspecified atom stereocenters. The summed E-state index contributed by atoms with van der Waals surface area (Å²) in [7, 11) is 0. The number of hydrogen-bond acceptors (Lipinski definition) is 7. The van der Waals surface area contributed by atoms with Crippen LogP contribution in [0.25, 0.3) is 10.9 Å². The summed E-state index contributed by atoms with van der Waals surface area (Å²) in [6.45, 7) is -0.408. The van der Waals surface area contributed by atoms with Gasteiger partial charge >= 0.3 is 6.18 Å². The van der Waals surface area contributed by atoms with E-state index in [1.807, 2.05) is 0 Å². The van der Waals surface area contributed by atoms with E-state index in [1.165, 1.54) is 41.4 Å². The molecule has 1 atom stereocenters. The minimum absolute atomic E-state index is 0.102. The van der Waals surface area contributed by atoms with E-state index in [-0.39, 0.29) is 34.7 Å². The van der Waals surface area contributed by atoms with E-state index in [2.05, 4.69) is 32.0 Å². The number of hydrogen-bond donors (Lipinski definition) is 2. The number of likely N-dealkylation sites (tertiary alicyclic amines) is 1. The minimum atomic E-state index is -4.26. The van der Waals surface area contributed by atoms with Crippen LogP contribution in [0.2, 0.25) is 10.0 Å². The Morgan fingerprint density at radius 1 is 0.979 bits per heavy atom. The van der Waals surface area contributed by atoms with Crippen molar-refractivity contribution >= 4 is 51.2 Å². The zero-order valence-electron chi connectivity index (χ0n) is 24.4. The lowest BCUT2D eigenvalue weighted by Gasteiger charge is -2.32. The molecule has 0 amide bonds. The second-order valence-corrected chi connectivity index (χ2v) is 12.0. The molecule has 1 saturated heterocycles. The maximum absolute atomic E-state index is 13.9. The number of rotatable bonds is 8. The number of halogens is 7. The van der Waals surface area contributed by atoms with Crippen molar-refractivity contribution in [3.8, 4) is 6.07 Å². The lowest BCUT2D eigenvalue weighted by atomic mass is 10.0. The van der Waals surface area contributed by atoms with Gasteiger partial charge < -0.3 is 10.6 Å². The number of alkyl halides is 3. The zero-order chi connectivity index (χ0) is 33.3. The van der Waals surface area contributed by atoms with E-state index in [0.29, 0.717) is 52.1 Å². The minimum Gasteiger partial charge on any atom is -0.373 e. The molecular formula is C32H25Cl2F5N8. The number of benzene rings is 3. The molecule has 2 aromatic heterocycles. The van der Waals surface area contributed by atoms with Gasteiger partial charge in [0, 0.05) is 36.0 Å². The van der Waals surface area contributed by atoms with Crippen molar-refractivity contribution in [3.05, 3.63) is 105 Å². The van der Waals surface area contributed by atoms with E-state index in [4.69, 9.17) is 23.2 Å². The van der Waals surface area contributed by atoms with E-state index in [0.717, 1.165) is 0 Å². The van der Waals surface area contributed by atoms with Crippen molar-refractivity contribution < 1.29 is 22.0 Å². The van der Waals surface area contributed by atoms with E-state index in [9.17, 15) is 27.2 Å². The number of piperidine rings is 1. The Bertz CT molecular complexity index is 1950. The highest BCUT2D eigenvalue weighted by Gasteiger charge is 2.33. The monoisotopic (exact) mass is 686 g/mol. The summed E-state index contributed by atoms with van der Waals surface area (Å²) in [6, 6.07) is 14.6. The van der Waals surface area contributed by atoms with Gasteiger partial charge in [0.15, 0.2) is 0 Å². The molecule has 0 radical (unpaired) electrons. The zero-order valence-corrected chi connectivity index (χ0v) is 25.9. The number of anilines is 3. The molecule has 3 heterocycles. The van der Waals surface area contributed by atoms with E-state index < -0.39 is 30.4 Å². The third-order valence-corrected chi connectivity index (χ3v) is 8.48. The van der Waals surface area contributed by atoms with Crippen LogP contribution in [0.15, 0.2) is 67.0 Å². The first kappa shape index (κ1) is 32.4. The van der Waals surface area contributed by atoms with Crippen molar-refractivity contribution in [1.29, 1.82) is 5.26 Å². The summed E-state index contributed by atoms with van der Waals surface area (Å²) in [4.78, 5) is 5.75. The molecule has 0 spiro atoms. The number of fused-ring (bicyclic) bond motifs is 1. The number of nitrogens with one attached hydrogen (secondary N) is 2. The number of nitrogens with zero attached hydrogens (tertiary/aromatic N) is 6. The summed E-state index contributed by atoms with van der Waals surface area (Å²) in [5.41, 5.74) is 3.03. The molecule has 5 aromatic rings. The summed E-state index contributed by atoms with van der Waals surface area (Å²) < 4.78 is 68.0. The van der Waals surface area contributed by atoms with Crippen LogP contribution in [0.5, 0.6) is 0 Å². The lowest BCUT2D eigenvalue weighted by Crippen LogP contribution is -2.40. The van der Waals surface area contributed by atoms with E-state index >= 15 is 0 Å². The summed E-state index contributed by atoms with van der Waals surface area (Å²) >= 11 is 12.7. The quantitative estimate of drug-likeness (QED) is 0.158. The first-order valence-corrected chi connectivity index (χ1v) is 15.2. The topological polar surface area (TPSA) is 94.7 Å². The highest BCUT2D eigenvalue weighted by atomic mass is 35.5. The summed E-state index contributed by atoms with van der Waals surface area (Å²) in [5.74, 6) is -1.02. The highest BCUT2D eigenvalue weighted by molar-refractivity contribution is 6.36. The Balaban J connectivity index is 1.33. The van der Waals surface area contributed by atoms with Crippen LogP contribution in [-0.2, 0) is 0 Å². The van der Waals surface area contributed by atoms with Crippen molar-refractivity contribution in [3.63, 3.8) is 0 Å². The van der Waals surface area contributed by atoms with Crippen LogP contribution < -0.4 is 10.6 Å². The molecule has 1 aliphatic rings. The van der Waals surface area contributed by atoms with Crippen molar-refractivity contribution in [2.75, 3.05) is 30.3 Å². The smallest absolute Gasteiger partial charge is 0.373 e. The second-order valence-electron chi connectivity index (χ2n) is 11.1. The van der Waals surface area contributed by atoms with Crippen LogP contribution in [-0.4, -0.2) is 50.7 Å². The van der Waals surface area contributed by atoms with Crippen molar-refractivity contribution in [1.82, 2.24) is 24.9 Å². The van der Waals surface area contributed by atoms with Gasteiger partial charge in [-0.3, -0.25) is 9.88 Å². The maximum atomic E-state index is 13.9. The summed E-state index contributed by atoms with van der Waals surface area (Å²) in [6.07, 6.45) is -0.213. The molecule has 1 fully saturated rings. The van der Waals surface area contributed by atoms with Crippen molar-refractivity contribution in [2.24, 2.45) is 0 Å². The first-order valence-electron chi connectivity index (χ1n) is 14.4. The first-order chi connectivity index (χ1) is 22.5. The van der Waals surface area contributed by atoms with Gasteiger partial charge in [-0.1, -0.05) is 40.5 Å². The van der Waals surface area contributed by atoms with Gasteiger partial charge in [-0.25, -0.2) is 13.5 Å². The molecule has 3 aromatic carbocycles. The molecule has 1 aliphatic heterocycles. The Morgan fingerprint density at radius 3 is 2.38 bits per heavy atom. The van der Waals surface area contributed by atoms with Gasteiger partial charge in [-0.2, -0.15) is 18.4 Å². The van der Waals surface area contributed by atoms with E-state index in [1.54, 1.807) is 35.1 Å². The Morgan fingerprint density at radius 2 is 1.70 bits per heavy atom. The Kier molecular flexibility index (Phi) is 9.18. The van der Waals surface area contributed by atoms with Gasteiger partial charge in [0.2, 0.25) is 0 Å². The van der Waals surface area contributed by atoms with Crippen LogP contribution in [0.1, 0.15) is 41.7 Å². The molecule has 0 aliphatic carbocycles. The molecule has 8 nitrogen and oxygen atoms in total. The third kappa shape index (κ3) is 7.40. The molecular weight excluding hydrogens is 662 g/mol. The lowest BCUT2D eigenvalue weighted by molar-refractivity contribution is -0.148. The molecule has 0 bridgehead atoms. The predicted molar refractivity (Wildman–Crippen MR) is 169 cm³/mol. The average Bonchev–Trinajstić information content (AvgIpc) is 3.52.